The summed E-state index contributed by atoms with van der Waals surface area (Å²) in [6.07, 6.45) is 0.209. The molecule has 0 aliphatic heterocycles. The van der Waals surface area contributed by atoms with Gasteiger partial charge in [0.15, 0.2) is 11.5 Å². The molecule has 128 valence electrons. The molecule has 0 aromatic heterocycles. The van der Waals surface area contributed by atoms with Gasteiger partial charge in [-0.1, -0.05) is 12.1 Å². The van der Waals surface area contributed by atoms with Gasteiger partial charge in [0.2, 0.25) is 11.8 Å². The van der Waals surface area contributed by atoms with Crippen molar-refractivity contribution in [2.24, 2.45) is 0 Å². The number of carbonyl (C=O) groups excluding carboxylic acids is 2. The van der Waals surface area contributed by atoms with Gasteiger partial charge in [0.25, 0.3) is 0 Å². The zero-order valence-corrected chi connectivity index (χ0v) is 14.3. The molecule has 0 atom stereocenters. The van der Waals surface area contributed by atoms with Crippen molar-refractivity contribution in [1.29, 1.82) is 0 Å². The SMILES string of the molecule is CCN(CC(=O)NC(C)C)C(=O)CCOc1ccccc1OC. The Hall–Kier alpha value is -2.24. The number of ether oxygens (including phenoxy) is 2. The van der Waals surface area contributed by atoms with E-state index in [9.17, 15) is 9.59 Å². The third-order valence-electron chi connectivity index (χ3n) is 3.16. The lowest BCUT2D eigenvalue weighted by Gasteiger charge is -2.21. The van der Waals surface area contributed by atoms with E-state index in [-0.39, 0.29) is 37.4 Å². The molecule has 1 rings (SSSR count). The fraction of sp³-hybridized carbons (Fsp3) is 0.529. The lowest BCUT2D eigenvalue weighted by Crippen LogP contribution is -2.42. The normalized spacial score (nSPS) is 10.3. The molecule has 1 aromatic carbocycles. The van der Waals surface area contributed by atoms with Crippen molar-refractivity contribution in [3.63, 3.8) is 0 Å². The Morgan fingerprint density at radius 3 is 2.43 bits per heavy atom. The van der Waals surface area contributed by atoms with Crippen LogP contribution < -0.4 is 14.8 Å². The number of benzene rings is 1. The number of amides is 2. The highest BCUT2D eigenvalue weighted by Crippen LogP contribution is 2.25. The summed E-state index contributed by atoms with van der Waals surface area (Å²) >= 11 is 0. The molecule has 0 saturated heterocycles. The van der Waals surface area contributed by atoms with Gasteiger partial charge in [0.1, 0.15) is 0 Å². The van der Waals surface area contributed by atoms with E-state index < -0.39 is 0 Å². The molecule has 23 heavy (non-hydrogen) atoms. The topological polar surface area (TPSA) is 67.9 Å². The zero-order chi connectivity index (χ0) is 17.2. The average molecular weight is 322 g/mol. The summed E-state index contributed by atoms with van der Waals surface area (Å²) in [5, 5.41) is 2.78. The van der Waals surface area contributed by atoms with Crippen LogP contribution in [-0.4, -0.2) is 49.6 Å². The van der Waals surface area contributed by atoms with Crippen molar-refractivity contribution in [2.75, 3.05) is 26.8 Å². The van der Waals surface area contributed by atoms with E-state index in [2.05, 4.69) is 5.32 Å². The van der Waals surface area contributed by atoms with Gasteiger partial charge >= 0.3 is 0 Å². The minimum Gasteiger partial charge on any atom is -0.493 e. The highest BCUT2D eigenvalue weighted by molar-refractivity contribution is 5.84. The van der Waals surface area contributed by atoms with Crippen LogP contribution in [0.25, 0.3) is 0 Å². The fourth-order valence-electron chi connectivity index (χ4n) is 2.06. The molecule has 1 N–H and O–H groups in total. The van der Waals surface area contributed by atoms with E-state index in [0.717, 1.165) is 0 Å². The number of carbonyl (C=O) groups is 2. The highest BCUT2D eigenvalue weighted by atomic mass is 16.5. The summed E-state index contributed by atoms with van der Waals surface area (Å²) in [5.41, 5.74) is 0. The molecule has 6 heteroatoms. The quantitative estimate of drug-likeness (QED) is 0.753. The number of methoxy groups -OCH3 is 1. The van der Waals surface area contributed by atoms with Crippen molar-refractivity contribution < 1.29 is 19.1 Å². The first kappa shape index (κ1) is 18.8. The Bertz CT molecular complexity index is 517. The lowest BCUT2D eigenvalue weighted by atomic mass is 10.3. The second kappa shape index (κ2) is 9.71. The van der Waals surface area contributed by atoms with Crippen LogP contribution in [0.5, 0.6) is 11.5 Å². The van der Waals surface area contributed by atoms with Gasteiger partial charge in [-0.2, -0.15) is 0 Å². The molecule has 0 spiro atoms. The van der Waals surface area contributed by atoms with E-state index >= 15 is 0 Å². The molecule has 0 aliphatic carbocycles. The molecule has 0 heterocycles. The molecule has 1 aromatic rings. The number of rotatable bonds is 9. The maximum absolute atomic E-state index is 12.2. The van der Waals surface area contributed by atoms with Gasteiger partial charge in [-0.25, -0.2) is 0 Å². The van der Waals surface area contributed by atoms with Crippen LogP contribution in [0.15, 0.2) is 24.3 Å². The molecule has 0 aliphatic rings. The fourth-order valence-corrected chi connectivity index (χ4v) is 2.06. The molecule has 0 bridgehead atoms. The molecule has 0 saturated carbocycles. The van der Waals surface area contributed by atoms with Crippen LogP contribution in [0.4, 0.5) is 0 Å². The van der Waals surface area contributed by atoms with E-state index in [1.165, 1.54) is 4.90 Å². The minimum absolute atomic E-state index is 0.0604. The van der Waals surface area contributed by atoms with Gasteiger partial charge in [0.05, 0.1) is 26.7 Å². The Morgan fingerprint density at radius 1 is 1.22 bits per heavy atom. The van der Waals surface area contributed by atoms with E-state index in [1.54, 1.807) is 19.2 Å². The standard InChI is InChI=1S/C17H26N2O4/c1-5-19(12-16(20)18-13(2)3)17(21)10-11-23-15-9-7-6-8-14(15)22-4/h6-9,13H,5,10-12H2,1-4H3,(H,18,20). The van der Waals surface area contributed by atoms with E-state index in [1.807, 2.05) is 32.9 Å². The molecule has 6 nitrogen and oxygen atoms in total. The number of hydrogen-bond acceptors (Lipinski definition) is 4. The third kappa shape index (κ3) is 6.59. The molecular formula is C17H26N2O4. The van der Waals surface area contributed by atoms with Crippen molar-refractivity contribution in [3.8, 4) is 11.5 Å². The second-order valence-electron chi connectivity index (χ2n) is 5.38. The van der Waals surface area contributed by atoms with Crippen LogP contribution in [0.1, 0.15) is 27.2 Å². The first-order valence-corrected chi connectivity index (χ1v) is 7.80. The van der Waals surface area contributed by atoms with Gasteiger partial charge in [-0.3, -0.25) is 9.59 Å². The number of nitrogens with one attached hydrogen (secondary N) is 1. The van der Waals surface area contributed by atoms with Crippen LogP contribution in [0, 0.1) is 0 Å². The van der Waals surface area contributed by atoms with Crippen LogP contribution in [0.2, 0.25) is 0 Å². The van der Waals surface area contributed by atoms with Crippen LogP contribution in [0.3, 0.4) is 0 Å². The first-order valence-electron chi connectivity index (χ1n) is 7.80. The number of nitrogens with zero attached hydrogens (tertiary/aromatic N) is 1. The molecule has 0 unspecified atom stereocenters. The van der Waals surface area contributed by atoms with Crippen molar-refractivity contribution in [2.45, 2.75) is 33.2 Å². The monoisotopic (exact) mass is 322 g/mol. The van der Waals surface area contributed by atoms with E-state index in [4.69, 9.17) is 9.47 Å². The van der Waals surface area contributed by atoms with Crippen molar-refractivity contribution in [1.82, 2.24) is 10.2 Å². The van der Waals surface area contributed by atoms with Crippen LogP contribution >= 0.6 is 0 Å². The van der Waals surface area contributed by atoms with Gasteiger partial charge in [0, 0.05) is 12.6 Å². The number of hydrogen-bond donors (Lipinski definition) is 1. The van der Waals surface area contributed by atoms with Crippen molar-refractivity contribution in [3.05, 3.63) is 24.3 Å². The molecule has 2 amide bonds. The number of para-hydroxylation sites is 2. The molecule has 0 radical (unpaired) electrons. The van der Waals surface area contributed by atoms with Gasteiger partial charge < -0.3 is 19.7 Å². The summed E-state index contributed by atoms with van der Waals surface area (Å²) in [5.74, 6) is 0.967. The lowest BCUT2D eigenvalue weighted by molar-refractivity contribution is -0.136. The Morgan fingerprint density at radius 2 is 1.87 bits per heavy atom. The Kier molecular flexibility index (Phi) is 7.94. The Balaban J connectivity index is 2.46. The summed E-state index contributed by atoms with van der Waals surface area (Å²) in [6, 6.07) is 7.34. The summed E-state index contributed by atoms with van der Waals surface area (Å²) in [6.45, 7) is 6.42. The second-order valence-corrected chi connectivity index (χ2v) is 5.38. The summed E-state index contributed by atoms with van der Waals surface area (Å²) in [4.78, 5) is 25.4. The largest absolute Gasteiger partial charge is 0.493 e. The molecular weight excluding hydrogens is 296 g/mol. The molecule has 0 fully saturated rings. The van der Waals surface area contributed by atoms with E-state index in [0.29, 0.717) is 18.0 Å². The van der Waals surface area contributed by atoms with Gasteiger partial charge in [-0.05, 0) is 32.9 Å². The average Bonchev–Trinajstić information content (AvgIpc) is 2.52. The maximum atomic E-state index is 12.2. The van der Waals surface area contributed by atoms with Gasteiger partial charge in [-0.15, -0.1) is 0 Å². The number of likely N-dealkylation sites (N-methyl/N-ethyl adjacent to an activating group) is 1. The summed E-state index contributed by atoms with van der Waals surface area (Å²) < 4.78 is 10.8. The first-order chi connectivity index (χ1) is 11.0. The minimum atomic E-state index is -0.152. The zero-order valence-electron chi connectivity index (χ0n) is 14.3. The summed E-state index contributed by atoms with van der Waals surface area (Å²) in [7, 11) is 1.57. The van der Waals surface area contributed by atoms with Crippen LogP contribution in [-0.2, 0) is 9.59 Å². The van der Waals surface area contributed by atoms with Crippen molar-refractivity contribution >= 4 is 11.8 Å². The smallest absolute Gasteiger partial charge is 0.239 e. The maximum Gasteiger partial charge on any atom is 0.239 e. The Labute approximate surface area is 137 Å². The predicted molar refractivity (Wildman–Crippen MR) is 88.6 cm³/mol. The predicted octanol–water partition coefficient (Wildman–Crippen LogP) is 1.84. The third-order valence-corrected chi connectivity index (χ3v) is 3.16. The highest BCUT2D eigenvalue weighted by Gasteiger charge is 2.16.